The second-order valence-corrected chi connectivity index (χ2v) is 4.71. The molecule has 2 heterocycles. The Labute approximate surface area is 95.0 Å². The van der Waals surface area contributed by atoms with E-state index >= 15 is 0 Å². The highest BCUT2D eigenvalue weighted by Crippen LogP contribution is 2.20. The Hall–Kier alpha value is -0.740. The van der Waals surface area contributed by atoms with Crippen molar-refractivity contribution >= 4 is 17.4 Å². The van der Waals surface area contributed by atoms with E-state index in [2.05, 4.69) is 17.0 Å². The lowest BCUT2D eigenvalue weighted by atomic mass is 9.97. The van der Waals surface area contributed by atoms with Crippen molar-refractivity contribution < 1.29 is 0 Å². The minimum absolute atomic E-state index is 0.487. The van der Waals surface area contributed by atoms with Gasteiger partial charge in [0.25, 0.3) is 0 Å². The van der Waals surface area contributed by atoms with Crippen molar-refractivity contribution in [1.29, 1.82) is 0 Å². The summed E-state index contributed by atoms with van der Waals surface area (Å²) in [5.74, 6) is 1.35. The molecule has 0 bridgehead atoms. The first-order valence-electron chi connectivity index (χ1n) is 5.32. The van der Waals surface area contributed by atoms with Crippen molar-refractivity contribution in [2.24, 2.45) is 5.92 Å². The first-order valence-corrected chi connectivity index (χ1v) is 5.70. The third-order valence-electron chi connectivity index (χ3n) is 3.05. The number of nitrogen functional groups attached to an aromatic ring is 1. The molecule has 0 aromatic carbocycles. The second kappa shape index (κ2) is 4.41. The molecule has 0 atom stereocenters. The third kappa shape index (κ3) is 2.63. The minimum Gasteiger partial charge on any atom is -0.384 e. The van der Waals surface area contributed by atoms with Crippen LogP contribution >= 0.6 is 11.6 Å². The van der Waals surface area contributed by atoms with Crippen LogP contribution in [0.2, 0.25) is 5.15 Å². The van der Waals surface area contributed by atoms with Crippen LogP contribution in [0.1, 0.15) is 12.8 Å². The number of piperidine rings is 1. The molecule has 4 nitrogen and oxygen atoms in total. The maximum absolute atomic E-state index is 5.79. The number of rotatable bonds is 2. The lowest BCUT2D eigenvalue weighted by molar-refractivity contribution is 0.202. The highest BCUT2D eigenvalue weighted by atomic mass is 35.5. The van der Waals surface area contributed by atoms with Crippen molar-refractivity contribution in [3.05, 3.63) is 11.2 Å². The molecular formula is C10H17ClN4. The number of likely N-dealkylation sites (tertiary alicyclic amines) is 1. The van der Waals surface area contributed by atoms with Crippen LogP contribution in [0.25, 0.3) is 0 Å². The first kappa shape index (κ1) is 10.8. The van der Waals surface area contributed by atoms with Gasteiger partial charge in [-0.25, -0.2) is 4.68 Å². The van der Waals surface area contributed by atoms with E-state index in [9.17, 15) is 0 Å². The fourth-order valence-corrected chi connectivity index (χ4v) is 2.24. The molecule has 2 N–H and O–H groups in total. The summed E-state index contributed by atoms with van der Waals surface area (Å²) in [4.78, 5) is 2.36. The Morgan fingerprint density at radius 2 is 2.20 bits per heavy atom. The standard InChI is InChI=1S/C10H17ClN4/c1-14-4-2-8(3-5-14)7-15-10(12)6-9(11)13-15/h6,8H,2-5,7,12H2,1H3. The summed E-state index contributed by atoms with van der Waals surface area (Å²) in [5, 5.41) is 4.65. The summed E-state index contributed by atoms with van der Waals surface area (Å²) in [6.07, 6.45) is 2.43. The predicted molar refractivity (Wildman–Crippen MR) is 61.9 cm³/mol. The Kier molecular flexibility index (Phi) is 3.17. The van der Waals surface area contributed by atoms with Crippen LogP contribution in [-0.2, 0) is 6.54 Å². The zero-order valence-corrected chi connectivity index (χ0v) is 9.74. The van der Waals surface area contributed by atoms with Gasteiger partial charge in [0, 0.05) is 12.6 Å². The summed E-state index contributed by atoms with van der Waals surface area (Å²) in [5.41, 5.74) is 5.79. The van der Waals surface area contributed by atoms with Crippen molar-refractivity contribution in [3.63, 3.8) is 0 Å². The van der Waals surface area contributed by atoms with Crippen molar-refractivity contribution in [3.8, 4) is 0 Å². The SMILES string of the molecule is CN1CCC(Cn2nc(Cl)cc2N)CC1. The Morgan fingerprint density at radius 3 is 2.73 bits per heavy atom. The van der Waals surface area contributed by atoms with Gasteiger partial charge in [0.15, 0.2) is 5.15 Å². The molecule has 1 aromatic heterocycles. The van der Waals surface area contributed by atoms with Gasteiger partial charge >= 0.3 is 0 Å². The van der Waals surface area contributed by atoms with E-state index in [1.54, 1.807) is 6.07 Å². The minimum atomic E-state index is 0.487. The number of nitrogens with zero attached hydrogens (tertiary/aromatic N) is 3. The molecule has 1 saturated heterocycles. The predicted octanol–water partition coefficient (Wildman–Crippen LogP) is 1.46. The molecule has 2 rings (SSSR count). The van der Waals surface area contributed by atoms with Gasteiger partial charge in [-0.1, -0.05) is 11.6 Å². The van der Waals surface area contributed by atoms with Gasteiger partial charge in [-0.15, -0.1) is 0 Å². The number of hydrogen-bond acceptors (Lipinski definition) is 3. The summed E-state index contributed by atoms with van der Waals surface area (Å²) >= 11 is 5.79. The molecule has 0 radical (unpaired) electrons. The molecule has 0 spiro atoms. The summed E-state index contributed by atoms with van der Waals surface area (Å²) < 4.78 is 1.82. The largest absolute Gasteiger partial charge is 0.384 e. The maximum Gasteiger partial charge on any atom is 0.153 e. The van der Waals surface area contributed by atoms with Gasteiger partial charge in [0.2, 0.25) is 0 Å². The highest BCUT2D eigenvalue weighted by Gasteiger charge is 2.18. The van der Waals surface area contributed by atoms with Gasteiger partial charge in [-0.3, -0.25) is 0 Å². The average Bonchev–Trinajstić information content (AvgIpc) is 2.49. The fourth-order valence-electron chi connectivity index (χ4n) is 2.03. The van der Waals surface area contributed by atoms with Crippen molar-refractivity contribution in [2.45, 2.75) is 19.4 Å². The molecule has 0 saturated carbocycles. The van der Waals surface area contributed by atoms with E-state index in [-0.39, 0.29) is 0 Å². The Morgan fingerprint density at radius 1 is 1.53 bits per heavy atom. The van der Waals surface area contributed by atoms with Crippen molar-refractivity contribution in [2.75, 3.05) is 25.9 Å². The van der Waals surface area contributed by atoms with Crippen LogP contribution < -0.4 is 5.73 Å². The number of aromatic nitrogens is 2. The molecule has 1 fully saturated rings. The van der Waals surface area contributed by atoms with E-state index in [0.717, 1.165) is 6.54 Å². The van der Waals surface area contributed by atoms with Gasteiger partial charge in [-0.2, -0.15) is 5.10 Å². The van der Waals surface area contributed by atoms with Crippen LogP contribution in [0.3, 0.4) is 0 Å². The van der Waals surface area contributed by atoms with E-state index in [1.807, 2.05) is 4.68 Å². The lowest BCUT2D eigenvalue weighted by Gasteiger charge is -2.28. The number of anilines is 1. The van der Waals surface area contributed by atoms with Crippen LogP contribution in [0.15, 0.2) is 6.07 Å². The smallest absolute Gasteiger partial charge is 0.153 e. The molecule has 1 aromatic rings. The number of halogens is 1. The molecule has 1 aliphatic rings. The number of hydrogen-bond donors (Lipinski definition) is 1. The molecule has 0 unspecified atom stereocenters. The number of nitrogens with two attached hydrogens (primary N) is 1. The normalized spacial score (nSPS) is 19.6. The van der Waals surface area contributed by atoms with Gasteiger partial charge in [0.1, 0.15) is 5.82 Å². The van der Waals surface area contributed by atoms with Gasteiger partial charge < -0.3 is 10.6 Å². The topological polar surface area (TPSA) is 47.1 Å². The molecule has 15 heavy (non-hydrogen) atoms. The van der Waals surface area contributed by atoms with Crippen molar-refractivity contribution in [1.82, 2.24) is 14.7 Å². The molecule has 0 aliphatic carbocycles. The molecule has 84 valence electrons. The summed E-state index contributed by atoms with van der Waals surface area (Å²) in [6, 6.07) is 1.70. The van der Waals surface area contributed by atoms with E-state index in [4.69, 9.17) is 17.3 Å². The molecule has 1 aliphatic heterocycles. The fraction of sp³-hybridized carbons (Fsp3) is 0.700. The van der Waals surface area contributed by atoms with Gasteiger partial charge in [-0.05, 0) is 38.9 Å². The Bertz CT molecular complexity index is 328. The van der Waals surface area contributed by atoms with E-state index < -0.39 is 0 Å². The first-order chi connectivity index (χ1) is 7.15. The van der Waals surface area contributed by atoms with Gasteiger partial charge in [0.05, 0.1) is 0 Å². The second-order valence-electron chi connectivity index (χ2n) is 4.32. The summed E-state index contributed by atoms with van der Waals surface area (Å²) in [7, 11) is 2.16. The third-order valence-corrected chi connectivity index (χ3v) is 3.24. The van der Waals surface area contributed by atoms with Crippen LogP contribution in [-0.4, -0.2) is 34.8 Å². The maximum atomic E-state index is 5.79. The molecule has 0 amide bonds. The molecule has 5 heteroatoms. The quantitative estimate of drug-likeness (QED) is 0.834. The monoisotopic (exact) mass is 228 g/mol. The van der Waals surface area contributed by atoms with E-state index in [0.29, 0.717) is 16.9 Å². The zero-order chi connectivity index (χ0) is 10.8. The lowest BCUT2D eigenvalue weighted by Crippen LogP contribution is -2.32. The van der Waals surface area contributed by atoms with Crippen LogP contribution in [0, 0.1) is 5.92 Å². The van der Waals surface area contributed by atoms with E-state index in [1.165, 1.54) is 25.9 Å². The summed E-state index contributed by atoms with van der Waals surface area (Å²) in [6.45, 7) is 3.23. The zero-order valence-electron chi connectivity index (χ0n) is 8.99. The van der Waals surface area contributed by atoms with Crippen LogP contribution in [0.4, 0.5) is 5.82 Å². The Balaban J connectivity index is 1.94. The molecular weight excluding hydrogens is 212 g/mol. The average molecular weight is 229 g/mol. The van der Waals surface area contributed by atoms with Crippen LogP contribution in [0.5, 0.6) is 0 Å². The highest BCUT2D eigenvalue weighted by molar-refractivity contribution is 6.29.